The summed E-state index contributed by atoms with van der Waals surface area (Å²) < 4.78 is 1.87. The summed E-state index contributed by atoms with van der Waals surface area (Å²) in [6, 6.07) is 21.5. The standard InChI is InChI=1S/C24H19Cl2N5O2S/c1-15(32)27-19-8-10-20(11-9-19)28-22(33)14-34-24-30-29-23(16-2-4-17(25)5-3-16)31(24)21-12-6-18(26)7-13-21/h2-13H,14H2,1H3,(H,27,32)(H,28,33). The summed E-state index contributed by atoms with van der Waals surface area (Å²) in [5.41, 5.74) is 2.93. The van der Waals surface area contributed by atoms with Crippen molar-refractivity contribution in [2.24, 2.45) is 0 Å². The van der Waals surface area contributed by atoms with Crippen LogP contribution in [-0.2, 0) is 9.59 Å². The van der Waals surface area contributed by atoms with E-state index in [4.69, 9.17) is 23.2 Å². The van der Waals surface area contributed by atoms with E-state index in [1.165, 1.54) is 18.7 Å². The Morgan fingerprint density at radius 1 is 0.824 bits per heavy atom. The van der Waals surface area contributed by atoms with Gasteiger partial charge in [0.25, 0.3) is 0 Å². The Labute approximate surface area is 210 Å². The largest absolute Gasteiger partial charge is 0.326 e. The number of benzene rings is 3. The van der Waals surface area contributed by atoms with Crippen molar-refractivity contribution in [1.82, 2.24) is 14.8 Å². The Kier molecular flexibility index (Phi) is 7.52. The lowest BCUT2D eigenvalue weighted by atomic mass is 10.2. The van der Waals surface area contributed by atoms with Crippen molar-refractivity contribution in [3.63, 3.8) is 0 Å². The molecule has 0 fully saturated rings. The second-order valence-corrected chi connectivity index (χ2v) is 9.04. The lowest BCUT2D eigenvalue weighted by Crippen LogP contribution is -2.14. The van der Waals surface area contributed by atoms with Crippen LogP contribution in [0.1, 0.15) is 6.92 Å². The molecule has 0 atom stereocenters. The number of hydrogen-bond acceptors (Lipinski definition) is 5. The smallest absolute Gasteiger partial charge is 0.234 e. The molecule has 0 saturated carbocycles. The minimum Gasteiger partial charge on any atom is -0.326 e. The third kappa shape index (κ3) is 5.96. The van der Waals surface area contributed by atoms with Crippen LogP contribution in [0.2, 0.25) is 10.0 Å². The minimum absolute atomic E-state index is 0.125. The fourth-order valence-corrected chi connectivity index (χ4v) is 4.14. The molecule has 10 heteroatoms. The van der Waals surface area contributed by atoms with Crippen LogP contribution in [0.25, 0.3) is 17.1 Å². The van der Waals surface area contributed by atoms with Crippen LogP contribution in [0, 0.1) is 0 Å². The number of amides is 2. The Hall–Kier alpha value is -3.33. The Bertz CT molecular complexity index is 1310. The summed E-state index contributed by atoms with van der Waals surface area (Å²) >= 11 is 13.4. The summed E-state index contributed by atoms with van der Waals surface area (Å²) in [7, 11) is 0. The number of anilines is 2. The lowest BCUT2D eigenvalue weighted by Gasteiger charge is -2.11. The van der Waals surface area contributed by atoms with Crippen molar-refractivity contribution in [2.75, 3.05) is 16.4 Å². The van der Waals surface area contributed by atoms with Gasteiger partial charge in [-0.05, 0) is 72.8 Å². The highest BCUT2D eigenvalue weighted by Gasteiger charge is 2.17. The molecule has 0 saturated heterocycles. The molecule has 0 aliphatic rings. The van der Waals surface area contributed by atoms with Crippen molar-refractivity contribution in [3.8, 4) is 17.1 Å². The first-order valence-corrected chi connectivity index (χ1v) is 11.9. The molecular formula is C24H19Cl2N5O2S. The van der Waals surface area contributed by atoms with Crippen LogP contribution >= 0.6 is 35.0 Å². The molecule has 34 heavy (non-hydrogen) atoms. The van der Waals surface area contributed by atoms with E-state index in [2.05, 4.69) is 20.8 Å². The SMILES string of the molecule is CC(=O)Nc1ccc(NC(=O)CSc2nnc(-c3ccc(Cl)cc3)n2-c2ccc(Cl)cc2)cc1. The van der Waals surface area contributed by atoms with Crippen molar-refractivity contribution >= 4 is 58.2 Å². The van der Waals surface area contributed by atoms with Crippen molar-refractivity contribution in [3.05, 3.63) is 82.8 Å². The third-order valence-corrected chi connectivity index (χ3v) is 6.07. The molecule has 1 heterocycles. The lowest BCUT2D eigenvalue weighted by molar-refractivity contribution is -0.114. The topological polar surface area (TPSA) is 88.9 Å². The highest BCUT2D eigenvalue weighted by molar-refractivity contribution is 7.99. The molecule has 0 aliphatic carbocycles. The first-order chi connectivity index (χ1) is 16.4. The molecule has 1 aromatic heterocycles. The summed E-state index contributed by atoms with van der Waals surface area (Å²) in [5.74, 6) is 0.391. The number of thioether (sulfide) groups is 1. The zero-order chi connectivity index (χ0) is 24.1. The summed E-state index contributed by atoms with van der Waals surface area (Å²) in [6.07, 6.45) is 0. The molecule has 0 aliphatic heterocycles. The van der Waals surface area contributed by atoms with Gasteiger partial charge in [0.05, 0.1) is 5.75 Å². The molecule has 4 rings (SSSR count). The maximum absolute atomic E-state index is 12.6. The predicted molar refractivity (Wildman–Crippen MR) is 137 cm³/mol. The Morgan fingerprint density at radius 2 is 1.38 bits per heavy atom. The normalized spacial score (nSPS) is 10.7. The summed E-state index contributed by atoms with van der Waals surface area (Å²) in [4.78, 5) is 23.7. The number of carbonyl (C=O) groups excluding carboxylic acids is 2. The monoisotopic (exact) mass is 511 g/mol. The number of nitrogens with zero attached hydrogens (tertiary/aromatic N) is 3. The van der Waals surface area contributed by atoms with Crippen LogP contribution in [0.4, 0.5) is 11.4 Å². The van der Waals surface area contributed by atoms with Gasteiger partial charge in [-0.3, -0.25) is 14.2 Å². The predicted octanol–water partition coefficient (Wildman–Crippen LogP) is 5.93. The van der Waals surface area contributed by atoms with Crippen molar-refractivity contribution < 1.29 is 9.59 Å². The molecule has 172 valence electrons. The van der Waals surface area contributed by atoms with Crippen LogP contribution in [0.5, 0.6) is 0 Å². The number of nitrogens with one attached hydrogen (secondary N) is 2. The van der Waals surface area contributed by atoms with E-state index in [-0.39, 0.29) is 17.6 Å². The van der Waals surface area contributed by atoms with Crippen molar-refractivity contribution in [2.45, 2.75) is 12.1 Å². The molecule has 4 aromatic rings. The van der Waals surface area contributed by atoms with Crippen LogP contribution in [0.15, 0.2) is 78.0 Å². The molecule has 0 unspecified atom stereocenters. The summed E-state index contributed by atoms with van der Waals surface area (Å²) in [6.45, 7) is 1.44. The first-order valence-electron chi connectivity index (χ1n) is 10.2. The molecule has 2 N–H and O–H groups in total. The molecule has 3 aromatic carbocycles. The van der Waals surface area contributed by atoms with Gasteiger partial charge in [0.1, 0.15) is 0 Å². The van der Waals surface area contributed by atoms with E-state index in [0.29, 0.717) is 32.4 Å². The molecule has 0 spiro atoms. The van der Waals surface area contributed by atoms with Gasteiger partial charge < -0.3 is 10.6 Å². The van der Waals surface area contributed by atoms with Gasteiger partial charge in [0, 0.05) is 39.6 Å². The van der Waals surface area contributed by atoms with Gasteiger partial charge in [-0.1, -0.05) is 35.0 Å². The maximum Gasteiger partial charge on any atom is 0.234 e. The molecule has 0 bridgehead atoms. The molecule has 7 nitrogen and oxygen atoms in total. The fraction of sp³-hybridized carbons (Fsp3) is 0.0833. The third-order valence-electron chi connectivity index (χ3n) is 4.64. The maximum atomic E-state index is 12.6. The van der Waals surface area contributed by atoms with E-state index in [1.54, 1.807) is 48.5 Å². The minimum atomic E-state index is -0.198. The van der Waals surface area contributed by atoms with Crippen LogP contribution < -0.4 is 10.6 Å². The zero-order valence-corrected chi connectivity index (χ0v) is 20.3. The van der Waals surface area contributed by atoms with E-state index >= 15 is 0 Å². The Balaban J connectivity index is 1.52. The van der Waals surface area contributed by atoms with Gasteiger partial charge >= 0.3 is 0 Å². The number of halogens is 2. The van der Waals surface area contributed by atoms with E-state index in [0.717, 1.165) is 11.3 Å². The van der Waals surface area contributed by atoms with E-state index in [9.17, 15) is 9.59 Å². The molecule has 2 amide bonds. The highest BCUT2D eigenvalue weighted by Crippen LogP contribution is 2.29. The van der Waals surface area contributed by atoms with Gasteiger partial charge in [-0.2, -0.15) is 0 Å². The number of aromatic nitrogens is 3. The van der Waals surface area contributed by atoms with Crippen molar-refractivity contribution in [1.29, 1.82) is 0 Å². The first kappa shape index (κ1) is 23.8. The van der Waals surface area contributed by atoms with Gasteiger partial charge in [-0.15, -0.1) is 10.2 Å². The number of hydrogen-bond donors (Lipinski definition) is 2. The number of carbonyl (C=O) groups is 2. The molecular weight excluding hydrogens is 493 g/mol. The second kappa shape index (κ2) is 10.7. The van der Waals surface area contributed by atoms with E-state index < -0.39 is 0 Å². The average molecular weight is 512 g/mol. The fourth-order valence-electron chi connectivity index (χ4n) is 3.14. The molecule has 0 radical (unpaired) electrons. The highest BCUT2D eigenvalue weighted by atomic mass is 35.5. The van der Waals surface area contributed by atoms with Gasteiger partial charge in [0.15, 0.2) is 11.0 Å². The summed E-state index contributed by atoms with van der Waals surface area (Å²) in [5, 5.41) is 16.0. The quantitative estimate of drug-likeness (QED) is 0.300. The van der Waals surface area contributed by atoms with Gasteiger partial charge in [0.2, 0.25) is 11.8 Å². The average Bonchev–Trinajstić information content (AvgIpc) is 3.23. The van der Waals surface area contributed by atoms with Gasteiger partial charge in [-0.25, -0.2) is 0 Å². The Morgan fingerprint density at radius 3 is 1.97 bits per heavy atom. The van der Waals surface area contributed by atoms with Crippen LogP contribution in [-0.4, -0.2) is 32.3 Å². The zero-order valence-electron chi connectivity index (χ0n) is 18.0. The van der Waals surface area contributed by atoms with E-state index in [1.807, 2.05) is 28.8 Å². The van der Waals surface area contributed by atoms with Crippen LogP contribution in [0.3, 0.4) is 0 Å². The second-order valence-electron chi connectivity index (χ2n) is 7.22. The number of rotatable bonds is 7.